The zero-order chi connectivity index (χ0) is 19.5. The van der Waals surface area contributed by atoms with E-state index in [9.17, 15) is 5.26 Å². The van der Waals surface area contributed by atoms with Crippen molar-refractivity contribution < 1.29 is 0 Å². The van der Waals surface area contributed by atoms with E-state index in [2.05, 4.69) is 61.9 Å². The zero-order valence-electron chi connectivity index (χ0n) is 15.4. The molecule has 4 rings (SSSR count). The Labute approximate surface area is 161 Å². The first-order valence-electron chi connectivity index (χ1n) is 8.85. The highest BCUT2D eigenvalue weighted by atomic mass is 15.5. The van der Waals surface area contributed by atoms with E-state index in [1.807, 2.05) is 36.4 Å². The van der Waals surface area contributed by atoms with Crippen molar-refractivity contribution in [1.29, 1.82) is 5.26 Å². The minimum Gasteiger partial charge on any atom is -0.360 e. The van der Waals surface area contributed by atoms with Crippen molar-refractivity contribution in [2.75, 3.05) is 5.32 Å². The number of benzene rings is 2. The molecule has 0 unspecified atom stereocenters. The van der Waals surface area contributed by atoms with Crippen molar-refractivity contribution in [2.45, 2.75) is 19.8 Å². The maximum atomic E-state index is 9.20. The molecule has 3 N–H and O–H groups in total. The van der Waals surface area contributed by atoms with E-state index in [0.29, 0.717) is 5.92 Å². The van der Waals surface area contributed by atoms with Crippen LogP contribution in [0.15, 0.2) is 48.7 Å². The number of hydrogen-bond acceptors (Lipinski definition) is 6. The summed E-state index contributed by atoms with van der Waals surface area (Å²) in [5.74, 6) is 1.54. The topological polar surface area (TPSA) is 119 Å². The fourth-order valence-electron chi connectivity index (χ4n) is 2.83. The molecule has 0 saturated heterocycles. The molecule has 138 valence electrons. The molecule has 0 atom stereocenters. The van der Waals surface area contributed by atoms with Crippen molar-refractivity contribution >= 4 is 22.3 Å². The first kappa shape index (κ1) is 17.4. The van der Waals surface area contributed by atoms with Gasteiger partial charge >= 0.3 is 0 Å². The monoisotopic (exact) mass is 370 g/mol. The molecule has 0 amide bonds. The number of allylic oxidation sites excluding steroid dienone is 1. The zero-order valence-corrected chi connectivity index (χ0v) is 15.4. The van der Waals surface area contributed by atoms with Gasteiger partial charge in [-0.1, -0.05) is 19.9 Å². The molecule has 2 heterocycles. The summed E-state index contributed by atoms with van der Waals surface area (Å²) in [5, 5.41) is 25.7. The lowest BCUT2D eigenvalue weighted by atomic mass is 10.0. The van der Waals surface area contributed by atoms with Gasteiger partial charge < -0.3 is 10.3 Å². The Morgan fingerprint density at radius 2 is 2.00 bits per heavy atom. The lowest BCUT2D eigenvalue weighted by Crippen LogP contribution is -1.93. The summed E-state index contributed by atoms with van der Waals surface area (Å²) in [6.07, 6.45) is 1.55. The number of anilines is 1. The van der Waals surface area contributed by atoms with Crippen LogP contribution in [-0.2, 0) is 0 Å². The van der Waals surface area contributed by atoms with E-state index in [0.717, 1.165) is 28.1 Å². The molecule has 0 spiro atoms. The van der Waals surface area contributed by atoms with Gasteiger partial charge in [-0.2, -0.15) is 10.5 Å². The highest BCUT2D eigenvalue weighted by Crippen LogP contribution is 2.25. The van der Waals surface area contributed by atoms with Crippen molar-refractivity contribution in [3.05, 3.63) is 60.1 Å². The molecule has 0 radical (unpaired) electrons. The van der Waals surface area contributed by atoms with Crippen LogP contribution in [0.25, 0.3) is 28.0 Å². The summed E-state index contributed by atoms with van der Waals surface area (Å²) in [6, 6.07) is 16.1. The Morgan fingerprint density at radius 3 is 2.68 bits per heavy atom. The van der Waals surface area contributed by atoms with Crippen LogP contribution in [-0.4, -0.2) is 30.6 Å². The average Bonchev–Trinajstić information content (AvgIpc) is 3.38. The number of nitrogens with zero attached hydrogens (tertiary/aromatic N) is 5. The predicted octanol–water partition coefficient (Wildman–Crippen LogP) is 3.84. The van der Waals surface area contributed by atoms with E-state index in [4.69, 9.17) is 0 Å². The van der Waals surface area contributed by atoms with Gasteiger partial charge in [0.25, 0.3) is 0 Å². The molecule has 0 aliphatic rings. The van der Waals surface area contributed by atoms with Gasteiger partial charge in [-0.3, -0.25) is 0 Å². The van der Waals surface area contributed by atoms with Gasteiger partial charge in [0.05, 0.1) is 11.0 Å². The van der Waals surface area contributed by atoms with E-state index in [1.165, 1.54) is 5.56 Å². The SMILES string of the molecule is CC(C)c1ccc2nc(-c3ccc(NC=C(C#N)c4nn[nH]n4)cc3)[nH]c2c1. The Hall–Kier alpha value is -3.99. The molecule has 0 fully saturated rings. The Balaban J connectivity index is 1.55. The Bertz CT molecular complexity index is 1160. The third kappa shape index (κ3) is 3.46. The number of hydrogen-bond donors (Lipinski definition) is 3. The minimum atomic E-state index is 0.245. The quantitative estimate of drug-likeness (QED) is 0.459. The molecule has 0 aliphatic heterocycles. The number of tetrazole rings is 1. The molecule has 2 aromatic carbocycles. The fourth-order valence-corrected chi connectivity index (χ4v) is 2.83. The van der Waals surface area contributed by atoms with Gasteiger partial charge in [0.2, 0.25) is 5.82 Å². The molecule has 2 aromatic heterocycles. The van der Waals surface area contributed by atoms with Gasteiger partial charge in [0, 0.05) is 17.5 Å². The normalized spacial score (nSPS) is 11.7. The number of aromatic amines is 2. The molecule has 0 saturated carbocycles. The molecule has 8 nitrogen and oxygen atoms in total. The number of fused-ring (bicyclic) bond motifs is 1. The van der Waals surface area contributed by atoms with Crippen molar-refractivity contribution in [3.8, 4) is 17.5 Å². The van der Waals surface area contributed by atoms with Crippen LogP contribution >= 0.6 is 0 Å². The van der Waals surface area contributed by atoms with Gasteiger partial charge in [-0.05, 0) is 53.1 Å². The molecule has 8 heteroatoms. The summed E-state index contributed by atoms with van der Waals surface area (Å²) in [5.41, 5.74) is 5.36. The van der Waals surface area contributed by atoms with Gasteiger partial charge in [0.15, 0.2) is 0 Å². The lowest BCUT2D eigenvalue weighted by molar-refractivity contribution is 0.868. The largest absolute Gasteiger partial charge is 0.360 e. The number of H-pyrrole nitrogens is 2. The number of rotatable bonds is 5. The number of aromatic nitrogens is 6. The second kappa shape index (κ2) is 7.32. The second-order valence-electron chi connectivity index (χ2n) is 6.64. The standard InChI is InChI=1S/C20H18N8/c1-12(2)14-5-8-17-18(9-14)24-19(23-17)13-3-6-16(7-4-13)22-11-15(10-21)20-25-27-28-26-20/h3-9,11-12,22H,1-2H3,(H,23,24)(H,25,26,27,28). The van der Waals surface area contributed by atoms with Gasteiger partial charge in [-0.25, -0.2) is 4.98 Å². The molecule has 0 aliphatic carbocycles. The van der Waals surface area contributed by atoms with E-state index < -0.39 is 0 Å². The second-order valence-corrected chi connectivity index (χ2v) is 6.64. The molecular formula is C20H18N8. The average molecular weight is 370 g/mol. The first-order valence-corrected chi connectivity index (χ1v) is 8.85. The van der Waals surface area contributed by atoms with Crippen LogP contribution in [0.3, 0.4) is 0 Å². The van der Waals surface area contributed by atoms with Crippen LogP contribution in [0.1, 0.15) is 31.2 Å². The van der Waals surface area contributed by atoms with Crippen LogP contribution in [0.4, 0.5) is 5.69 Å². The van der Waals surface area contributed by atoms with Crippen LogP contribution in [0.2, 0.25) is 0 Å². The highest BCUT2D eigenvalue weighted by Gasteiger charge is 2.08. The summed E-state index contributed by atoms with van der Waals surface area (Å²) in [4.78, 5) is 8.07. The van der Waals surface area contributed by atoms with Crippen LogP contribution < -0.4 is 5.32 Å². The van der Waals surface area contributed by atoms with Gasteiger partial charge in [-0.15, -0.1) is 10.2 Å². The van der Waals surface area contributed by atoms with Gasteiger partial charge in [0.1, 0.15) is 17.5 Å². The maximum absolute atomic E-state index is 9.20. The Morgan fingerprint density at radius 1 is 1.18 bits per heavy atom. The van der Waals surface area contributed by atoms with E-state index >= 15 is 0 Å². The van der Waals surface area contributed by atoms with E-state index in [1.54, 1.807) is 6.20 Å². The van der Waals surface area contributed by atoms with Crippen molar-refractivity contribution in [1.82, 2.24) is 30.6 Å². The van der Waals surface area contributed by atoms with Crippen molar-refractivity contribution in [3.63, 3.8) is 0 Å². The summed E-state index contributed by atoms with van der Waals surface area (Å²) < 4.78 is 0. The third-order valence-electron chi connectivity index (χ3n) is 4.42. The molecule has 4 aromatic rings. The minimum absolute atomic E-state index is 0.245. The number of nitriles is 1. The number of imidazole rings is 1. The molecule has 28 heavy (non-hydrogen) atoms. The summed E-state index contributed by atoms with van der Waals surface area (Å²) >= 11 is 0. The molecule has 0 bridgehead atoms. The summed E-state index contributed by atoms with van der Waals surface area (Å²) in [6.45, 7) is 4.35. The smallest absolute Gasteiger partial charge is 0.216 e. The maximum Gasteiger partial charge on any atom is 0.216 e. The Kier molecular flexibility index (Phi) is 4.56. The predicted molar refractivity (Wildman–Crippen MR) is 107 cm³/mol. The van der Waals surface area contributed by atoms with Crippen LogP contribution in [0.5, 0.6) is 0 Å². The van der Waals surface area contributed by atoms with Crippen LogP contribution in [0, 0.1) is 11.3 Å². The molecular weight excluding hydrogens is 352 g/mol. The lowest BCUT2D eigenvalue weighted by Gasteiger charge is -2.03. The van der Waals surface area contributed by atoms with Crippen molar-refractivity contribution in [2.24, 2.45) is 0 Å². The highest BCUT2D eigenvalue weighted by molar-refractivity contribution is 5.80. The first-order chi connectivity index (χ1) is 13.6. The summed E-state index contributed by atoms with van der Waals surface area (Å²) in [7, 11) is 0. The van der Waals surface area contributed by atoms with E-state index in [-0.39, 0.29) is 11.4 Å². The number of nitrogens with one attached hydrogen (secondary N) is 3. The fraction of sp³-hybridized carbons (Fsp3) is 0.150. The third-order valence-corrected chi connectivity index (χ3v) is 4.42.